The highest BCUT2D eigenvalue weighted by Crippen LogP contribution is 2.29. The number of hydrogen-bond donors (Lipinski definition) is 2. The molecule has 2 aromatic heterocycles. The monoisotopic (exact) mass is 232 g/mol. The Morgan fingerprint density at radius 2 is 2.35 bits per heavy atom. The molecule has 1 atom stereocenters. The standard InChI is InChI=1S/C12H16N4O/c1-8-5-10-9(6-13-8)11(15-14-10)16-4-3-12(2,17)7-16/h5-6,17H,3-4,7H2,1-2H3,(H,14,15). The Bertz CT molecular complexity index is 561. The average molecular weight is 232 g/mol. The lowest BCUT2D eigenvalue weighted by Gasteiger charge is -2.18. The van der Waals surface area contributed by atoms with Crippen LogP contribution in [0, 0.1) is 6.92 Å². The zero-order valence-electron chi connectivity index (χ0n) is 10.1. The first-order valence-electron chi connectivity index (χ1n) is 5.83. The van der Waals surface area contributed by atoms with Crippen LogP contribution >= 0.6 is 0 Å². The minimum absolute atomic E-state index is 0.608. The van der Waals surface area contributed by atoms with Crippen molar-refractivity contribution in [3.05, 3.63) is 18.0 Å². The molecule has 0 saturated carbocycles. The quantitative estimate of drug-likeness (QED) is 0.776. The number of aryl methyl sites for hydroxylation is 1. The van der Waals surface area contributed by atoms with Crippen LogP contribution in [0.1, 0.15) is 19.0 Å². The van der Waals surface area contributed by atoms with Crippen LogP contribution in [-0.4, -0.2) is 39.0 Å². The van der Waals surface area contributed by atoms with E-state index in [2.05, 4.69) is 20.1 Å². The van der Waals surface area contributed by atoms with Crippen molar-refractivity contribution in [3.63, 3.8) is 0 Å². The summed E-state index contributed by atoms with van der Waals surface area (Å²) in [5.41, 5.74) is 1.36. The molecule has 2 aromatic rings. The molecule has 0 aliphatic carbocycles. The molecule has 0 amide bonds. The van der Waals surface area contributed by atoms with E-state index in [1.165, 1.54) is 0 Å². The number of aromatic nitrogens is 3. The van der Waals surface area contributed by atoms with Gasteiger partial charge in [-0.25, -0.2) is 0 Å². The van der Waals surface area contributed by atoms with Gasteiger partial charge in [-0.1, -0.05) is 0 Å². The fraction of sp³-hybridized carbons (Fsp3) is 0.500. The number of rotatable bonds is 1. The fourth-order valence-electron chi connectivity index (χ4n) is 2.37. The second-order valence-corrected chi connectivity index (χ2v) is 5.09. The number of aliphatic hydroxyl groups is 1. The van der Waals surface area contributed by atoms with Gasteiger partial charge in [-0.3, -0.25) is 10.1 Å². The molecular weight excluding hydrogens is 216 g/mol. The number of aromatic amines is 1. The summed E-state index contributed by atoms with van der Waals surface area (Å²) in [5, 5.41) is 18.4. The van der Waals surface area contributed by atoms with Crippen LogP contribution in [0.3, 0.4) is 0 Å². The number of nitrogens with one attached hydrogen (secondary N) is 1. The number of hydrogen-bond acceptors (Lipinski definition) is 4. The molecule has 0 aromatic carbocycles. The first-order valence-corrected chi connectivity index (χ1v) is 5.83. The molecule has 5 heteroatoms. The normalized spacial score (nSPS) is 24.8. The van der Waals surface area contributed by atoms with Crippen molar-refractivity contribution in [1.29, 1.82) is 0 Å². The summed E-state index contributed by atoms with van der Waals surface area (Å²) >= 11 is 0. The molecule has 90 valence electrons. The molecule has 1 unspecified atom stereocenters. The summed E-state index contributed by atoms with van der Waals surface area (Å²) in [7, 11) is 0. The van der Waals surface area contributed by atoms with Crippen molar-refractivity contribution in [2.24, 2.45) is 0 Å². The molecule has 17 heavy (non-hydrogen) atoms. The molecule has 0 radical (unpaired) electrons. The zero-order chi connectivity index (χ0) is 12.0. The lowest BCUT2D eigenvalue weighted by molar-refractivity contribution is 0.0839. The summed E-state index contributed by atoms with van der Waals surface area (Å²) in [6, 6.07) is 1.99. The summed E-state index contributed by atoms with van der Waals surface area (Å²) in [6.45, 7) is 5.28. The third kappa shape index (κ3) is 1.76. The van der Waals surface area contributed by atoms with Crippen molar-refractivity contribution in [2.75, 3.05) is 18.0 Å². The minimum Gasteiger partial charge on any atom is -0.388 e. The SMILES string of the molecule is Cc1cc2[nH]nc(N3CCC(C)(O)C3)c2cn1. The molecular formula is C12H16N4O. The van der Waals surface area contributed by atoms with E-state index in [0.717, 1.165) is 35.4 Å². The van der Waals surface area contributed by atoms with E-state index in [1.54, 1.807) is 0 Å². The maximum absolute atomic E-state index is 9.98. The number of β-amino-alcohol motifs (C(OH)–C–C–N with tert-alkyl or cyclic N) is 1. The van der Waals surface area contributed by atoms with Crippen molar-refractivity contribution in [2.45, 2.75) is 25.9 Å². The van der Waals surface area contributed by atoms with E-state index in [4.69, 9.17) is 0 Å². The van der Waals surface area contributed by atoms with E-state index in [0.29, 0.717) is 6.54 Å². The van der Waals surface area contributed by atoms with Gasteiger partial charge in [-0.05, 0) is 26.3 Å². The van der Waals surface area contributed by atoms with Crippen molar-refractivity contribution < 1.29 is 5.11 Å². The van der Waals surface area contributed by atoms with E-state index in [-0.39, 0.29) is 0 Å². The number of nitrogens with zero attached hydrogens (tertiary/aromatic N) is 3. The Morgan fingerprint density at radius 3 is 3.06 bits per heavy atom. The minimum atomic E-state index is -0.608. The van der Waals surface area contributed by atoms with Gasteiger partial charge in [0.1, 0.15) is 0 Å². The van der Waals surface area contributed by atoms with Gasteiger partial charge in [0.25, 0.3) is 0 Å². The van der Waals surface area contributed by atoms with Crippen LogP contribution in [-0.2, 0) is 0 Å². The smallest absolute Gasteiger partial charge is 0.159 e. The first kappa shape index (κ1) is 10.5. The predicted octanol–water partition coefficient (Wildman–Crippen LogP) is 1.23. The van der Waals surface area contributed by atoms with Crippen LogP contribution in [0.25, 0.3) is 10.9 Å². The summed E-state index contributed by atoms with van der Waals surface area (Å²) < 4.78 is 0. The number of fused-ring (bicyclic) bond motifs is 1. The summed E-state index contributed by atoms with van der Waals surface area (Å²) in [6.07, 6.45) is 2.62. The van der Waals surface area contributed by atoms with Gasteiger partial charge in [-0.2, -0.15) is 5.10 Å². The topological polar surface area (TPSA) is 65.0 Å². The predicted molar refractivity (Wildman–Crippen MR) is 66.1 cm³/mol. The van der Waals surface area contributed by atoms with Gasteiger partial charge in [0, 0.05) is 25.0 Å². The van der Waals surface area contributed by atoms with Crippen LogP contribution in [0.2, 0.25) is 0 Å². The average Bonchev–Trinajstić information content (AvgIpc) is 2.80. The zero-order valence-corrected chi connectivity index (χ0v) is 10.1. The molecule has 1 aliphatic rings. The van der Waals surface area contributed by atoms with Crippen LogP contribution in [0.4, 0.5) is 5.82 Å². The largest absolute Gasteiger partial charge is 0.388 e. The van der Waals surface area contributed by atoms with Crippen LogP contribution < -0.4 is 4.90 Å². The molecule has 0 spiro atoms. The molecule has 1 fully saturated rings. The summed E-state index contributed by atoms with van der Waals surface area (Å²) in [5.74, 6) is 0.894. The van der Waals surface area contributed by atoms with Crippen LogP contribution in [0.15, 0.2) is 12.3 Å². The lowest BCUT2D eigenvalue weighted by atomic mass is 10.1. The molecule has 3 heterocycles. The van der Waals surface area contributed by atoms with Gasteiger partial charge in [0.2, 0.25) is 0 Å². The van der Waals surface area contributed by atoms with Gasteiger partial charge in [0.05, 0.1) is 16.5 Å². The van der Waals surface area contributed by atoms with E-state index >= 15 is 0 Å². The number of pyridine rings is 1. The Labute approximate surface area is 99.5 Å². The van der Waals surface area contributed by atoms with Crippen molar-refractivity contribution in [3.8, 4) is 0 Å². The highest BCUT2D eigenvalue weighted by Gasteiger charge is 2.33. The molecule has 1 saturated heterocycles. The highest BCUT2D eigenvalue weighted by molar-refractivity contribution is 5.89. The van der Waals surface area contributed by atoms with Gasteiger partial charge < -0.3 is 10.0 Å². The highest BCUT2D eigenvalue weighted by atomic mass is 16.3. The van der Waals surface area contributed by atoms with Gasteiger partial charge in [-0.15, -0.1) is 0 Å². The second-order valence-electron chi connectivity index (χ2n) is 5.09. The maximum Gasteiger partial charge on any atom is 0.159 e. The number of anilines is 1. The second kappa shape index (κ2) is 3.43. The molecule has 0 bridgehead atoms. The van der Waals surface area contributed by atoms with E-state index in [1.807, 2.05) is 26.1 Å². The van der Waals surface area contributed by atoms with Crippen LogP contribution in [0.5, 0.6) is 0 Å². The van der Waals surface area contributed by atoms with Gasteiger partial charge >= 0.3 is 0 Å². The first-order chi connectivity index (χ1) is 8.05. The maximum atomic E-state index is 9.98. The Kier molecular flexibility index (Phi) is 2.13. The van der Waals surface area contributed by atoms with Crippen molar-refractivity contribution >= 4 is 16.7 Å². The van der Waals surface area contributed by atoms with E-state index in [9.17, 15) is 5.11 Å². The van der Waals surface area contributed by atoms with Crippen molar-refractivity contribution in [1.82, 2.24) is 15.2 Å². The summed E-state index contributed by atoms with van der Waals surface area (Å²) in [4.78, 5) is 6.41. The molecule has 2 N–H and O–H groups in total. The van der Waals surface area contributed by atoms with E-state index < -0.39 is 5.60 Å². The lowest BCUT2D eigenvalue weighted by Crippen LogP contribution is -2.29. The Balaban J connectivity index is 2.01. The van der Waals surface area contributed by atoms with Gasteiger partial charge in [0.15, 0.2) is 5.82 Å². The molecule has 1 aliphatic heterocycles. The molecule has 3 rings (SSSR count). The Hall–Kier alpha value is -1.62. The Morgan fingerprint density at radius 1 is 1.53 bits per heavy atom. The fourth-order valence-corrected chi connectivity index (χ4v) is 2.37. The third-order valence-corrected chi connectivity index (χ3v) is 3.32. The number of H-pyrrole nitrogens is 1. The molecule has 5 nitrogen and oxygen atoms in total. The third-order valence-electron chi connectivity index (χ3n) is 3.32.